The number of benzene rings is 2. The summed E-state index contributed by atoms with van der Waals surface area (Å²) in [5, 5.41) is 8.64. The Bertz CT molecular complexity index is 1140. The van der Waals surface area contributed by atoms with Gasteiger partial charge in [-0.3, -0.25) is 4.68 Å². The maximum atomic E-state index is 12.2. The standard InChI is InChI=1S/C24H24N4O2S/c1-17(20-11-7-4-8-12-20)16-28-14-13-21(27-28)22-26-18(2)23(31-22)30-24(29)25-15-19-9-5-3-6-10-19/h3-14,17H,15-16H2,1-2H3,(H,25,29)/t17-/m0/s1. The van der Waals surface area contributed by atoms with Crippen LogP contribution in [-0.4, -0.2) is 20.9 Å². The Morgan fingerprint density at radius 3 is 2.55 bits per heavy atom. The first-order valence-electron chi connectivity index (χ1n) is 10.1. The first-order valence-corrected chi connectivity index (χ1v) is 11.0. The van der Waals surface area contributed by atoms with Gasteiger partial charge in [0.15, 0.2) is 0 Å². The Labute approximate surface area is 185 Å². The zero-order valence-corrected chi connectivity index (χ0v) is 18.3. The van der Waals surface area contributed by atoms with Crippen molar-refractivity contribution < 1.29 is 9.53 Å². The van der Waals surface area contributed by atoms with Gasteiger partial charge in [-0.25, -0.2) is 9.78 Å². The van der Waals surface area contributed by atoms with E-state index in [9.17, 15) is 4.79 Å². The molecule has 1 atom stereocenters. The minimum Gasteiger partial charge on any atom is -0.397 e. The van der Waals surface area contributed by atoms with Gasteiger partial charge >= 0.3 is 6.09 Å². The number of nitrogens with one attached hydrogen (secondary N) is 1. The Morgan fingerprint density at radius 1 is 1.10 bits per heavy atom. The van der Waals surface area contributed by atoms with Gasteiger partial charge in [-0.15, -0.1) is 0 Å². The molecule has 0 saturated carbocycles. The summed E-state index contributed by atoms with van der Waals surface area (Å²) in [5.41, 5.74) is 3.73. The van der Waals surface area contributed by atoms with Crippen LogP contribution in [0, 0.1) is 6.92 Å². The molecule has 2 aromatic carbocycles. The van der Waals surface area contributed by atoms with Crippen molar-refractivity contribution in [2.45, 2.75) is 32.9 Å². The average Bonchev–Trinajstić information content (AvgIpc) is 3.40. The molecule has 7 heteroatoms. The quantitative estimate of drug-likeness (QED) is 0.424. The van der Waals surface area contributed by atoms with Crippen molar-refractivity contribution in [3.05, 3.63) is 89.7 Å². The lowest BCUT2D eigenvalue weighted by Crippen LogP contribution is -2.26. The van der Waals surface area contributed by atoms with Crippen LogP contribution in [0.4, 0.5) is 4.79 Å². The highest BCUT2D eigenvalue weighted by molar-refractivity contribution is 7.17. The highest BCUT2D eigenvalue weighted by Crippen LogP contribution is 2.33. The highest BCUT2D eigenvalue weighted by Gasteiger charge is 2.16. The Kier molecular flexibility index (Phi) is 6.43. The number of carbonyl (C=O) groups is 1. The zero-order valence-electron chi connectivity index (χ0n) is 17.5. The number of rotatable bonds is 7. The molecular weight excluding hydrogens is 408 g/mol. The van der Waals surface area contributed by atoms with E-state index in [1.165, 1.54) is 16.9 Å². The van der Waals surface area contributed by atoms with Crippen LogP contribution in [0.25, 0.3) is 10.7 Å². The molecule has 0 saturated heterocycles. The smallest absolute Gasteiger partial charge is 0.397 e. The van der Waals surface area contributed by atoms with E-state index in [1.807, 2.05) is 60.3 Å². The van der Waals surface area contributed by atoms with Gasteiger partial charge in [0, 0.05) is 25.2 Å². The molecule has 31 heavy (non-hydrogen) atoms. The number of hydrogen-bond acceptors (Lipinski definition) is 5. The van der Waals surface area contributed by atoms with Crippen LogP contribution in [0.15, 0.2) is 72.9 Å². The van der Waals surface area contributed by atoms with Crippen LogP contribution in [-0.2, 0) is 13.1 Å². The fourth-order valence-electron chi connectivity index (χ4n) is 3.22. The van der Waals surface area contributed by atoms with Crippen LogP contribution in [0.2, 0.25) is 0 Å². The van der Waals surface area contributed by atoms with Crippen molar-refractivity contribution in [3.63, 3.8) is 0 Å². The lowest BCUT2D eigenvalue weighted by Gasteiger charge is -2.11. The summed E-state index contributed by atoms with van der Waals surface area (Å²) in [6.45, 7) is 5.20. The number of amides is 1. The normalized spacial score (nSPS) is 11.8. The van der Waals surface area contributed by atoms with Gasteiger partial charge in [0.1, 0.15) is 10.7 Å². The van der Waals surface area contributed by atoms with Crippen LogP contribution < -0.4 is 10.1 Å². The Hall–Kier alpha value is -3.45. The molecule has 0 aliphatic carbocycles. The summed E-state index contributed by atoms with van der Waals surface area (Å²) < 4.78 is 7.40. The molecule has 0 aliphatic rings. The Balaban J connectivity index is 1.38. The summed E-state index contributed by atoms with van der Waals surface area (Å²) in [5.74, 6) is 0.346. The zero-order chi connectivity index (χ0) is 21.6. The fourth-order valence-corrected chi connectivity index (χ4v) is 4.10. The molecule has 4 rings (SSSR count). The largest absolute Gasteiger partial charge is 0.413 e. The number of aryl methyl sites for hydroxylation is 1. The second-order valence-electron chi connectivity index (χ2n) is 7.36. The van der Waals surface area contributed by atoms with E-state index in [0.29, 0.717) is 23.2 Å². The number of ether oxygens (including phenoxy) is 1. The molecular formula is C24H24N4O2S. The first-order chi connectivity index (χ1) is 15.1. The lowest BCUT2D eigenvalue weighted by atomic mass is 10.0. The van der Waals surface area contributed by atoms with Gasteiger partial charge in [0.25, 0.3) is 0 Å². The minimum atomic E-state index is -0.496. The molecule has 0 aliphatic heterocycles. The molecule has 0 radical (unpaired) electrons. The van der Waals surface area contributed by atoms with E-state index in [2.05, 4.69) is 46.6 Å². The van der Waals surface area contributed by atoms with E-state index >= 15 is 0 Å². The third-order valence-electron chi connectivity index (χ3n) is 4.91. The number of thiazole rings is 1. The van der Waals surface area contributed by atoms with Gasteiger partial charge < -0.3 is 10.1 Å². The molecule has 1 amide bonds. The van der Waals surface area contributed by atoms with E-state index in [4.69, 9.17) is 4.74 Å². The summed E-state index contributed by atoms with van der Waals surface area (Å²) >= 11 is 1.32. The highest BCUT2D eigenvalue weighted by atomic mass is 32.1. The predicted octanol–water partition coefficient (Wildman–Crippen LogP) is 5.41. The molecule has 0 fully saturated rings. The second-order valence-corrected chi connectivity index (χ2v) is 8.32. The Morgan fingerprint density at radius 2 is 1.81 bits per heavy atom. The van der Waals surface area contributed by atoms with Crippen molar-refractivity contribution in [3.8, 4) is 15.8 Å². The summed E-state index contributed by atoms with van der Waals surface area (Å²) in [7, 11) is 0. The van der Waals surface area contributed by atoms with Crippen molar-refractivity contribution >= 4 is 17.4 Å². The number of aromatic nitrogens is 3. The summed E-state index contributed by atoms with van der Waals surface area (Å²) in [4.78, 5) is 16.7. The second kappa shape index (κ2) is 9.57. The fraction of sp³-hybridized carbons (Fsp3) is 0.208. The van der Waals surface area contributed by atoms with E-state index in [1.54, 1.807) is 0 Å². The van der Waals surface area contributed by atoms with Crippen molar-refractivity contribution in [2.75, 3.05) is 0 Å². The minimum absolute atomic E-state index is 0.346. The maximum Gasteiger partial charge on any atom is 0.413 e. The number of carbonyl (C=O) groups excluding carboxylic acids is 1. The van der Waals surface area contributed by atoms with E-state index < -0.39 is 6.09 Å². The number of nitrogens with zero attached hydrogens (tertiary/aromatic N) is 3. The molecule has 0 unspecified atom stereocenters. The van der Waals surface area contributed by atoms with Gasteiger partial charge in [0.05, 0.1) is 5.69 Å². The molecule has 1 N–H and O–H groups in total. The predicted molar refractivity (Wildman–Crippen MR) is 122 cm³/mol. The van der Waals surface area contributed by atoms with Crippen molar-refractivity contribution in [2.24, 2.45) is 0 Å². The molecule has 6 nitrogen and oxygen atoms in total. The van der Waals surface area contributed by atoms with Crippen molar-refractivity contribution in [1.29, 1.82) is 0 Å². The van der Waals surface area contributed by atoms with Gasteiger partial charge in [-0.05, 0) is 24.1 Å². The lowest BCUT2D eigenvalue weighted by molar-refractivity contribution is 0.201. The maximum absolute atomic E-state index is 12.2. The van der Waals surface area contributed by atoms with Crippen molar-refractivity contribution in [1.82, 2.24) is 20.1 Å². The van der Waals surface area contributed by atoms with E-state index in [-0.39, 0.29) is 0 Å². The molecule has 2 heterocycles. The van der Waals surface area contributed by atoms with Gasteiger partial charge in [-0.2, -0.15) is 5.10 Å². The SMILES string of the molecule is Cc1nc(-c2ccn(C[C@H](C)c3ccccc3)n2)sc1OC(=O)NCc1ccccc1. The molecule has 0 spiro atoms. The molecule has 4 aromatic rings. The topological polar surface area (TPSA) is 69.0 Å². The molecule has 0 bridgehead atoms. The van der Waals surface area contributed by atoms with Gasteiger partial charge in [-0.1, -0.05) is 78.9 Å². The van der Waals surface area contributed by atoms with E-state index in [0.717, 1.165) is 22.8 Å². The first kappa shape index (κ1) is 20.8. The van der Waals surface area contributed by atoms with Crippen LogP contribution in [0.5, 0.6) is 5.06 Å². The third-order valence-corrected chi connectivity index (χ3v) is 5.97. The monoisotopic (exact) mass is 432 g/mol. The summed E-state index contributed by atoms with van der Waals surface area (Å²) in [6.07, 6.45) is 1.46. The average molecular weight is 433 g/mol. The van der Waals surface area contributed by atoms with Crippen LogP contribution in [0.1, 0.15) is 29.7 Å². The molecule has 2 aromatic heterocycles. The number of hydrogen-bond donors (Lipinski definition) is 1. The van der Waals surface area contributed by atoms with Crippen LogP contribution in [0.3, 0.4) is 0 Å². The molecule has 158 valence electrons. The van der Waals surface area contributed by atoms with Gasteiger partial charge in [0.2, 0.25) is 5.06 Å². The third kappa shape index (κ3) is 5.38. The van der Waals surface area contributed by atoms with Crippen LogP contribution >= 0.6 is 11.3 Å². The summed E-state index contributed by atoms with van der Waals surface area (Å²) in [6, 6.07) is 22.0.